The second-order valence-corrected chi connectivity index (χ2v) is 13.8. The monoisotopic (exact) mass is 689 g/mol. The van der Waals surface area contributed by atoms with Gasteiger partial charge < -0.3 is 8.98 Å². The Bertz CT molecular complexity index is 3200. The molecule has 4 nitrogen and oxygen atoms in total. The summed E-state index contributed by atoms with van der Waals surface area (Å²) in [5.74, 6) is 0.671. The van der Waals surface area contributed by atoms with Crippen molar-refractivity contribution in [1.82, 2.24) is 14.5 Å². The second-order valence-electron chi connectivity index (χ2n) is 13.8. The summed E-state index contributed by atoms with van der Waals surface area (Å²) in [5.41, 5.74) is 11.9. The van der Waals surface area contributed by atoms with Gasteiger partial charge in [0.05, 0.1) is 28.1 Å². The number of nitrogens with zero attached hydrogens (tertiary/aromatic N) is 3. The molecule has 0 aliphatic heterocycles. The fourth-order valence-electron chi connectivity index (χ4n) is 8.02. The first kappa shape index (κ1) is 30.3. The molecule has 0 atom stereocenters. The Kier molecular flexibility index (Phi) is 6.82. The molecule has 8 aromatic carbocycles. The molecular formula is C50H31N3O. The highest BCUT2D eigenvalue weighted by Gasteiger charge is 2.21. The van der Waals surface area contributed by atoms with E-state index in [0.717, 1.165) is 72.3 Å². The molecule has 54 heavy (non-hydrogen) atoms. The summed E-state index contributed by atoms with van der Waals surface area (Å²) in [6.45, 7) is 0. The van der Waals surface area contributed by atoms with Gasteiger partial charge in [-0.15, -0.1) is 0 Å². The molecule has 0 saturated heterocycles. The van der Waals surface area contributed by atoms with Gasteiger partial charge in [-0.05, 0) is 58.3 Å². The Hall–Kier alpha value is -7.30. The van der Waals surface area contributed by atoms with Gasteiger partial charge in [0.15, 0.2) is 5.82 Å². The van der Waals surface area contributed by atoms with Crippen molar-refractivity contribution in [2.75, 3.05) is 0 Å². The van der Waals surface area contributed by atoms with Crippen LogP contribution in [0.5, 0.6) is 0 Å². The quantitative estimate of drug-likeness (QED) is 0.181. The molecule has 0 aliphatic rings. The van der Waals surface area contributed by atoms with Gasteiger partial charge in [0.25, 0.3) is 0 Å². The predicted molar refractivity (Wildman–Crippen MR) is 223 cm³/mol. The summed E-state index contributed by atoms with van der Waals surface area (Å²) in [7, 11) is 0. The van der Waals surface area contributed by atoms with E-state index in [1.807, 2.05) is 36.4 Å². The summed E-state index contributed by atoms with van der Waals surface area (Å²) >= 11 is 0. The Labute approximate surface area is 311 Å². The third kappa shape index (κ3) is 4.92. The molecule has 0 N–H and O–H groups in total. The molecule has 0 amide bonds. The first-order valence-electron chi connectivity index (χ1n) is 18.2. The Morgan fingerprint density at radius 2 is 1.00 bits per heavy atom. The highest BCUT2D eigenvalue weighted by atomic mass is 16.3. The second kappa shape index (κ2) is 12.1. The van der Waals surface area contributed by atoms with Gasteiger partial charge in [-0.1, -0.05) is 146 Å². The molecular weight excluding hydrogens is 659 g/mol. The first-order chi connectivity index (χ1) is 26.7. The van der Waals surface area contributed by atoms with Crippen molar-refractivity contribution >= 4 is 54.5 Å². The van der Waals surface area contributed by atoms with E-state index in [9.17, 15) is 0 Å². The summed E-state index contributed by atoms with van der Waals surface area (Å²) in [6, 6.07) is 66.1. The average molecular weight is 690 g/mol. The minimum atomic E-state index is 0.671. The van der Waals surface area contributed by atoms with E-state index in [4.69, 9.17) is 14.4 Å². The summed E-state index contributed by atoms with van der Waals surface area (Å²) < 4.78 is 9.05. The number of benzene rings is 8. The maximum absolute atomic E-state index is 6.68. The van der Waals surface area contributed by atoms with E-state index in [0.29, 0.717) is 5.82 Å². The zero-order valence-electron chi connectivity index (χ0n) is 29.1. The predicted octanol–water partition coefficient (Wildman–Crippen LogP) is 13.3. The van der Waals surface area contributed by atoms with Crippen LogP contribution in [-0.4, -0.2) is 14.5 Å². The highest BCUT2D eigenvalue weighted by Crippen LogP contribution is 2.42. The van der Waals surface area contributed by atoms with E-state index in [-0.39, 0.29) is 0 Å². The molecule has 11 rings (SSSR count). The van der Waals surface area contributed by atoms with Crippen LogP contribution in [0.2, 0.25) is 0 Å². The zero-order valence-corrected chi connectivity index (χ0v) is 29.1. The fraction of sp³-hybridized carbons (Fsp3) is 0. The molecule has 3 heterocycles. The van der Waals surface area contributed by atoms with Crippen molar-refractivity contribution < 1.29 is 4.42 Å². The van der Waals surface area contributed by atoms with Gasteiger partial charge in [0, 0.05) is 44.3 Å². The summed E-state index contributed by atoms with van der Waals surface area (Å²) in [5, 5.41) is 6.93. The van der Waals surface area contributed by atoms with E-state index < -0.39 is 0 Å². The van der Waals surface area contributed by atoms with E-state index in [2.05, 4.69) is 156 Å². The topological polar surface area (TPSA) is 43.9 Å². The van der Waals surface area contributed by atoms with Crippen LogP contribution in [0.3, 0.4) is 0 Å². The third-order valence-corrected chi connectivity index (χ3v) is 10.6. The van der Waals surface area contributed by atoms with Gasteiger partial charge in [-0.25, -0.2) is 9.97 Å². The molecule has 0 radical (unpaired) electrons. The van der Waals surface area contributed by atoms with E-state index >= 15 is 0 Å². The molecule has 0 bridgehead atoms. The Morgan fingerprint density at radius 1 is 0.389 bits per heavy atom. The standard InChI is InChI=1S/C50H31N3O/c1-3-13-32(14-4-1)33-23-25-34(26-24-33)43-31-44(52-50(51-43)35-15-5-2-6-16-35)42-29-38(30-48-49(42)40-20-10-12-22-47(40)54-48)53-45-21-11-9-19-39(45)41-27-36-17-7-8-18-37(36)28-46(41)53/h1-31H. The van der Waals surface area contributed by atoms with E-state index in [1.165, 1.54) is 27.1 Å². The smallest absolute Gasteiger partial charge is 0.160 e. The van der Waals surface area contributed by atoms with Crippen LogP contribution in [0.25, 0.3) is 105 Å². The van der Waals surface area contributed by atoms with Crippen LogP contribution in [0.4, 0.5) is 0 Å². The Balaban J connectivity index is 1.19. The van der Waals surface area contributed by atoms with Crippen molar-refractivity contribution in [3.05, 3.63) is 188 Å². The van der Waals surface area contributed by atoms with E-state index in [1.54, 1.807) is 0 Å². The zero-order chi connectivity index (χ0) is 35.6. The number of fused-ring (bicyclic) bond motifs is 7. The molecule has 252 valence electrons. The summed E-state index contributed by atoms with van der Waals surface area (Å²) in [6.07, 6.45) is 0. The molecule has 0 aliphatic carbocycles. The first-order valence-corrected chi connectivity index (χ1v) is 18.2. The minimum absolute atomic E-state index is 0.671. The molecule has 3 aromatic heterocycles. The van der Waals surface area contributed by atoms with Gasteiger partial charge in [-0.3, -0.25) is 0 Å². The number of para-hydroxylation sites is 2. The molecule has 11 aromatic rings. The number of rotatable bonds is 5. The largest absolute Gasteiger partial charge is 0.456 e. The van der Waals surface area contributed by atoms with Crippen LogP contribution in [0.15, 0.2) is 192 Å². The van der Waals surface area contributed by atoms with Crippen molar-refractivity contribution in [3.63, 3.8) is 0 Å². The lowest BCUT2D eigenvalue weighted by molar-refractivity contribution is 0.668. The number of hydrogen-bond donors (Lipinski definition) is 0. The normalized spacial score (nSPS) is 11.7. The molecule has 0 saturated carbocycles. The lowest BCUT2D eigenvalue weighted by Crippen LogP contribution is -1.98. The highest BCUT2D eigenvalue weighted by molar-refractivity contribution is 6.16. The van der Waals surface area contributed by atoms with Gasteiger partial charge >= 0.3 is 0 Å². The van der Waals surface area contributed by atoms with Crippen LogP contribution in [0, 0.1) is 0 Å². The Morgan fingerprint density at radius 3 is 1.80 bits per heavy atom. The van der Waals surface area contributed by atoms with Gasteiger partial charge in [-0.2, -0.15) is 0 Å². The van der Waals surface area contributed by atoms with Crippen molar-refractivity contribution in [3.8, 4) is 50.7 Å². The van der Waals surface area contributed by atoms with Crippen molar-refractivity contribution in [2.24, 2.45) is 0 Å². The van der Waals surface area contributed by atoms with Gasteiger partial charge in [0.2, 0.25) is 0 Å². The lowest BCUT2D eigenvalue weighted by Gasteiger charge is -2.14. The fourth-order valence-corrected chi connectivity index (χ4v) is 8.02. The van der Waals surface area contributed by atoms with Crippen LogP contribution in [0.1, 0.15) is 0 Å². The maximum Gasteiger partial charge on any atom is 0.160 e. The SMILES string of the molecule is c1ccc(-c2ccc(-c3cc(-c4cc(-n5c6ccccc6c6cc7ccccc7cc65)cc5oc6ccccc6c45)nc(-c4ccccc4)n3)cc2)cc1. The van der Waals surface area contributed by atoms with Crippen LogP contribution < -0.4 is 0 Å². The van der Waals surface area contributed by atoms with Crippen molar-refractivity contribution in [1.29, 1.82) is 0 Å². The third-order valence-electron chi connectivity index (χ3n) is 10.6. The molecule has 4 heteroatoms. The van der Waals surface area contributed by atoms with Crippen LogP contribution in [-0.2, 0) is 0 Å². The number of aromatic nitrogens is 3. The molecule has 0 spiro atoms. The van der Waals surface area contributed by atoms with Crippen LogP contribution >= 0.6 is 0 Å². The lowest BCUT2D eigenvalue weighted by atomic mass is 9.99. The average Bonchev–Trinajstić information content (AvgIpc) is 3.78. The maximum atomic E-state index is 6.68. The minimum Gasteiger partial charge on any atom is -0.456 e. The molecule has 0 unspecified atom stereocenters. The summed E-state index contributed by atoms with van der Waals surface area (Å²) in [4.78, 5) is 10.5. The van der Waals surface area contributed by atoms with Crippen molar-refractivity contribution in [2.45, 2.75) is 0 Å². The molecule has 0 fully saturated rings. The number of hydrogen-bond acceptors (Lipinski definition) is 3. The van der Waals surface area contributed by atoms with Gasteiger partial charge in [0.1, 0.15) is 11.2 Å². The number of furan rings is 1.